The fourth-order valence-electron chi connectivity index (χ4n) is 6.72. The van der Waals surface area contributed by atoms with Gasteiger partial charge in [-0.1, -0.05) is 33.6 Å². The molecule has 9 nitrogen and oxygen atoms in total. The quantitative estimate of drug-likeness (QED) is 0.383. The molecule has 3 aliphatic heterocycles. The molecule has 1 aromatic carbocycles. The van der Waals surface area contributed by atoms with Crippen LogP contribution in [-0.4, -0.2) is 70.8 Å². The number of ether oxygens (including phenoxy) is 2. The maximum atomic E-state index is 14.2. The number of hydrogen-bond acceptors (Lipinski definition) is 6. The summed E-state index contributed by atoms with van der Waals surface area (Å²) in [5.41, 5.74) is -0.479. The Labute approximate surface area is 225 Å². The Kier molecular flexibility index (Phi) is 8.67. The predicted molar refractivity (Wildman–Crippen MR) is 144 cm³/mol. The van der Waals surface area contributed by atoms with E-state index in [1.165, 1.54) is 0 Å². The Morgan fingerprint density at radius 3 is 2.50 bits per heavy atom. The lowest BCUT2D eigenvalue weighted by Gasteiger charge is -2.39. The van der Waals surface area contributed by atoms with Crippen LogP contribution in [0.25, 0.3) is 0 Å². The largest absolute Gasteiger partial charge is 0.494 e. The molecule has 0 radical (unpaired) electrons. The number of fused-ring (bicyclic) bond motifs is 1. The van der Waals surface area contributed by atoms with E-state index in [4.69, 9.17) is 9.47 Å². The minimum absolute atomic E-state index is 0.0316. The normalized spacial score (nSPS) is 30.1. The molecule has 3 fully saturated rings. The van der Waals surface area contributed by atoms with Crippen LogP contribution >= 0.6 is 0 Å². The van der Waals surface area contributed by atoms with Gasteiger partial charge in [-0.3, -0.25) is 14.4 Å². The highest BCUT2D eigenvalue weighted by atomic mass is 16.5. The lowest BCUT2D eigenvalue weighted by atomic mass is 9.70. The smallest absolute Gasteiger partial charge is 0.246 e. The minimum atomic E-state index is -1.08. The highest BCUT2D eigenvalue weighted by Crippen LogP contribution is 2.59. The summed E-state index contributed by atoms with van der Waals surface area (Å²) < 4.78 is 12.0. The van der Waals surface area contributed by atoms with Gasteiger partial charge in [-0.05, 0) is 63.3 Å². The van der Waals surface area contributed by atoms with Crippen molar-refractivity contribution >= 4 is 23.4 Å². The highest BCUT2D eigenvalue weighted by molar-refractivity contribution is 6.02. The van der Waals surface area contributed by atoms with Gasteiger partial charge in [0.2, 0.25) is 17.7 Å². The van der Waals surface area contributed by atoms with Crippen molar-refractivity contribution in [2.24, 2.45) is 17.8 Å². The first kappa shape index (κ1) is 28.4. The second-order valence-electron chi connectivity index (χ2n) is 11.1. The third-order valence-corrected chi connectivity index (χ3v) is 8.68. The van der Waals surface area contributed by atoms with Crippen LogP contribution in [0.15, 0.2) is 24.3 Å². The molecule has 3 heterocycles. The maximum Gasteiger partial charge on any atom is 0.246 e. The Balaban J connectivity index is 1.66. The zero-order valence-electron chi connectivity index (χ0n) is 23.2. The van der Waals surface area contributed by atoms with E-state index in [0.29, 0.717) is 30.9 Å². The zero-order valence-corrected chi connectivity index (χ0v) is 23.2. The summed E-state index contributed by atoms with van der Waals surface area (Å²) in [7, 11) is 0. The van der Waals surface area contributed by atoms with E-state index in [9.17, 15) is 19.5 Å². The molecule has 3 amide bonds. The van der Waals surface area contributed by atoms with Gasteiger partial charge in [0.1, 0.15) is 17.4 Å². The van der Waals surface area contributed by atoms with E-state index in [1.807, 2.05) is 27.7 Å². The highest BCUT2D eigenvalue weighted by Gasteiger charge is 2.75. The van der Waals surface area contributed by atoms with Crippen LogP contribution in [0.5, 0.6) is 5.75 Å². The topological polar surface area (TPSA) is 117 Å². The molecule has 0 saturated carbocycles. The summed E-state index contributed by atoms with van der Waals surface area (Å²) in [4.78, 5) is 43.2. The average Bonchev–Trinajstić information content (AvgIpc) is 3.53. The second-order valence-corrected chi connectivity index (χ2v) is 11.1. The van der Waals surface area contributed by atoms with Crippen LogP contribution in [0.4, 0.5) is 5.69 Å². The Hall–Kier alpha value is -2.65. The number of nitrogens with one attached hydrogen (secondary N) is 2. The number of aliphatic hydroxyl groups excluding tert-OH is 1. The van der Waals surface area contributed by atoms with Crippen molar-refractivity contribution in [1.29, 1.82) is 0 Å². The van der Waals surface area contributed by atoms with Crippen molar-refractivity contribution in [3.8, 4) is 5.75 Å². The first-order valence-corrected chi connectivity index (χ1v) is 14.2. The molecule has 0 aromatic heterocycles. The zero-order chi connectivity index (χ0) is 27.6. The summed E-state index contributed by atoms with van der Waals surface area (Å²) in [6.07, 6.45) is 3.15. The van der Waals surface area contributed by atoms with Gasteiger partial charge in [-0.25, -0.2) is 0 Å². The van der Waals surface area contributed by atoms with Crippen LogP contribution in [0.2, 0.25) is 0 Å². The summed E-state index contributed by atoms with van der Waals surface area (Å²) in [5.74, 6) is -1.65. The average molecular weight is 530 g/mol. The number of likely N-dealkylation sites (tertiary alicyclic amines) is 1. The third kappa shape index (κ3) is 4.91. The van der Waals surface area contributed by atoms with E-state index < -0.39 is 35.6 Å². The summed E-state index contributed by atoms with van der Waals surface area (Å²) >= 11 is 0. The first-order valence-electron chi connectivity index (χ1n) is 14.2. The number of nitrogens with zero attached hydrogens (tertiary/aromatic N) is 1. The molecule has 38 heavy (non-hydrogen) atoms. The molecule has 9 heteroatoms. The molecule has 3 unspecified atom stereocenters. The third-order valence-electron chi connectivity index (χ3n) is 8.68. The van der Waals surface area contributed by atoms with Gasteiger partial charge in [-0.2, -0.15) is 0 Å². The number of amides is 3. The molecule has 3 saturated heterocycles. The molecular formula is C29H43N3O6. The molecule has 4 rings (SSSR count). The van der Waals surface area contributed by atoms with Crippen LogP contribution in [0.1, 0.15) is 66.7 Å². The van der Waals surface area contributed by atoms with Gasteiger partial charge < -0.3 is 30.1 Å². The summed E-state index contributed by atoms with van der Waals surface area (Å²) in [6.45, 7) is 10.2. The Morgan fingerprint density at radius 1 is 1.18 bits per heavy atom. The van der Waals surface area contributed by atoms with E-state index >= 15 is 0 Å². The monoisotopic (exact) mass is 529 g/mol. The SMILES string of the molecule is CCCC(C)NC(=O)C1N([C@@H](CO)[C@@H](C)CC)C(=O)[C@@H]2[C@@H](C(=O)Nc3ccc(OCC)cc3)[C@H]3CCC12O3. The molecule has 3 aliphatic rings. The first-order chi connectivity index (χ1) is 18.2. The molecule has 1 spiro atoms. The molecule has 3 N–H and O–H groups in total. The standard InChI is InChI=1S/C29H43N3O6/c1-6-9-18(5)30-27(35)25-29-15-14-22(38-29)23(24(29)28(36)32(25)21(16-33)17(4)7-2)26(34)31-19-10-12-20(13-11-19)37-8-3/h10-13,17-18,21-25,33H,6-9,14-16H2,1-5H3,(H,30,35)(H,31,34)/t17-,18?,21-,22+,23-,24-,25?,29?/m0/s1. The number of carbonyl (C=O) groups is 3. The van der Waals surface area contributed by atoms with Crippen LogP contribution in [0.3, 0.4) is 0 Å². The van der Waals surface area contributed by atoms with E-state index in [1.54, 1.807) is 29.2 Å². The second kappa shape index (κ2) is 11.6. The number of aliphatic hydroxyl groups is 1. The number of carbonyl (C=O) groups excluding carboxylic acids is 3. The van der Waals surface area contributed by atoms with E-state index in [0.717, 1.165) is 19.3 Å². The maximum absolute atomic E-state index is 14.2. The van der Waals surface area contributed by atoms with E-state index in [-0.39, 0.29) is 36.3 Å². The molecule has 8 atom stereocenters. The van der Waals surface area contributed by atoms with Gasteiger partial charge in [0.25, 0.3) is 0 Å². The number of rotatable bonds is 12. The number of benzene rings is 1. The Bertz CT molecular complexity index is 1020. The van der Waals surface area contributed by atoms with Crippen LogP contribution < -0.4 is 15.4 Å². The van der Waals surface area contributed by atoms with Gasteiger partial charge in [0, 0.05) is 11.7 Å². The molecule has 0 aliphatic carbocycles. The van der Waals surface area contributed by atoms with Crippen molar-refractivity contribution in [2.75, 3.05) is 18.5 Å². The summed E-state index contributed by atoms with van der Waals surface area (Å²) in [5, 5.41) is 16.4. The predicted octanol–water partition coefficient (Wildman–Crippen LogP) is 3.11. The van der Waals surface area contributed by atoms with Crippen molar-refractivity contribution in [2.45, 2.75) is 96.6 Å². The van der Waals surface area contributed by atoms with Crippen LogP contribution in [-0.2, 0) is 19.1 Å². The number of anilines is 1. The van der Waals surface area contributed by atoms with Crippen molar-refractivity contribution in [3.05, 3.63) is 24.3 Å². The van der Waals surface area contributed by atoms with Crippen molar-refractivity contribution in [3.63, 3.8) is 0 Å². The lowest BCUT2D eigenvalue weighted by molar-refractivity contribution is -0.146. The fourth-order valence-corrected chi connectivity index (χ4v) is 6.72. The van der Waals surface area contributed by atoms with Gasteiger partial charge >= 0.3 is 0 Å². The molecular weight excluding hydrogens is 486 g/mol. The van der Waals surface area contributed by atoms with E-state index in [2.05, 4.69) is 17.6 Å². The fraction of sp³-hybridized carbons (Fsp3) is 0.690. The van der Waals surface area contributed by atoms with Gasteiger partial charge in [0.05, 0.1) is 37.2 Å². The Morgan fingerprint density at radius 2 is 1.89 bits per heavy atom. The molecule has 210 valence electrons. The van der Waals surface area contributed by atoms with Gasteiger partial charge in [0.15, 0.2) is 0 Å². The summed E-state index contributed by atoms with van der Waals surface area (Å²) in [6, 6.07) is 5.62. The van der Waals surface area contributed by atoms with Gasteiger partial charge in [-0.15, -0.1) is 0 Å². The lowest BCUT2D eigenvalue weighted by Crippen LogP contribution is -2.60. The van der Waals surface area contributed by atoms with Crippen LogP contribution in [0, 0.1) is 17.8 Å². The molecule has 2 bridgehead atoms. The van der Waals surface area contributed by atoms with Crippen molar-refractivity contribution < 1.29 is 29.0 Å². The number of hydrogen-bond donors (Lipinski definition) is 3. The molecule has 1 aromatic rings. The minimum Gasteiger partial charge on any atom is -0.494 e. The van der Waals surface area contributed by atoms with Crippen molar-refractivity contribution in [1.82, 2.24) is 10.2 Å².